The predicted molar refractivity (Wildman–Crippen MR) is 192 cm³/mol. The van der Waals surface area contributed by atoms with Gasteiger partial charge in [-0.2, -0.15) is 0 Å². The lowest BCUT2D eigenvalue weighted by Crippen LogP contribution is -2.66. The number of Topliss-reactive ketones (excluding diaryl/α,β-unsaturated/α-hetero) is 1. The summed E-state index contributed by atoms with van der Waals surface area (Å²) in [5.41, 5.74) is 0.443. The number of allylic oxidation sites excluding steroid dienone is 2. The molecule has 0 aromatic carbocycles. The average molecular weight is 718 g/mol. The second-order valence-corrected chi connectivity index (χ2v) is 19.3. The number of carbonyl (C=O) groups is 3. The van der Waals surface area contributed by atoms with Crippen molar-refractivity contribution in [2.45, 2.75) is 138 Å². The molecule has 4 saturated carbocycles. The van der Waals surface area contributed by atoms with Gasteiger partial charge in [0.05, 0.1) is 23.4 Å². The monoisotopic (exact) mass is 717 g/mol. The number of ether oxygens (including phenoxy) is 1. The summed E-state index contributed by atoms with van der Waals surface area (Å²) in [5, 5.41) is 18.6. The number of ketones is 1. The molecule has 4 fully saturated rings. The number of hydrogen-bond donors (Lipinski definition) is 1. The van der Waals surface area contributed by atoms with Crippen LogP contribution in [0.4, 0.5) is 4.39 Å². The van der Waals surface area contributed by atoms with Gasteiger partial charge in [-0.15, -0.1) is 10.2 Å². The van der Waals surface area contributed by atoms with Gasteiger partial charge < -0.3 is 14.3 Å². The topological polar surface area (TPSA) is 132 Å². The molecule has 5 aliphatic rings. The number of aliphatic carboxylic acids is 1. The smallest absolute Gasteiger partial charge is 0.309 e. The summed E-state index contributed by atoms with van der Waals surface area (Å²) < 4.78 is 26.2. The summed E-state index contributed by atoms with van der Waals surface area (Å²) in [4.78, 5) is 43.1. The van der Waals surface area contributed by atoms with Crippen LogP contribution in [0.3, 0.4) is 0 Å². The van der Waals surface area contributed by atoms with Crippen LogP contribution in [0.15, 0.2) is 33.9 Å². The molecule has 10 heteroatoms. The van der Waals surface area contributed by atoms with Gasteiger partial charge in [0.1, 0.15) is 17.6 Å². The van der Waals surface area contributed by atoms with E-state index in [0.29, 0.717) is 29.8 Å². The summed E-state index contributed by atoms with van der Waals surface area (Å²) in [6, 6.07) is 2.87. The van der Waals surface area contributed by atoms with Crippen molar-refractivity contribution in [3.8, 4) is 11.6 Å². The molecular weight excluding hydrogens is 661 g/mol. The second kappa shape index (κ2) is 12.0. The fraction of sp³-hybridized carbons (Fsp3) is 0.714. The molecule has 0 amide bonds. The minimum atomic E-state index is -1.18. The third-order valence-electron chi connectivity index (χ3n) is 15.6. The van der Waals surface area contributed by atoms with Gasteiger partial charge in [0.2, 0.25) is 5.89 Å². The SMILES string of the molecule is CC(C)C1=C2[C@H]3CC[C@@H]4[C@@]5(C)CC[C@H](OC(=O)CC(C)(C)C(=O)O)C(C)(C)[C@@H]5CC[C@@]4(C)[C@]3(C)CC[C@@]2(c2nnc(-c3ccc(F)cn3)o2)CC1=O. The number of esters is 1. The highest BCUT2D eigenvalue weighted by molar-refractivity contribution is 6.01. The van der Waals surface area contributed by atoms with E-state index in [4.69, 9.17) is 9.15 Å². The number of hydrogen-bond acceptors (Lipinski definition) is 8. The molecule has 0 spiro atoms. The van der Waals surface area contributed by atoms with Gasteiger partial charge in [0.25, 0.3) is 5.89 Å². The van der Waals surface area contributed by atoms with Crippen molar-refractivity contribution < 1.29 is 33.0 Å². The van der Waals surface area contributed by atoms with Gasteiger partial charge >= 0.3 is 11.9 Å². The molecule has 2 aromatic heterocycles. The molecule has 7 rings (SSSR count). The second-order valence-electron chi connectivity index (χ2n) is 19.3. The number of pyridine rings is 1. The van der Waals surface area contributed by atoms with Crippen molar-refractivity contribution in [3.05, 3.63) is 41.2 Å². The number of rotatable bonds is 7. The van der Waals surface area contributed by atoms with Gasteiger partial charge in [-0.25, -0.2) is 9.37 Å². The Morgan fingerprint density at radius 2 is 1.71 bits per heavy atom. The fourth-order valence-electron chi connectivity index (χ4n) is 12.7. The minimum Gasteiger partial charge on any atom is -0.481 e. The highest BCUT2D eigenvalue weighted by Gasteiger charge is 2.71. The standard InChI is InChI=1S/C42H56FN3O6/c1-23(2)32-27(47)20-42(35-46-45-34(52-35)26-12-10-24(43)22-44-26)19-18-40(8)25(33(32)42)11-13-29-39(7)16-15-30(51-31(48)21-37(3,4)36(49)50)38(5,6)28(39)14-17-41(29,40)9/h10,12,22-23,25,28-30H,11,13-21H2,1-9H3,(H,49,50)/t25-,28+,29-,30+,39+,40-,41-,42-/m1/s1. The number of carboxylic acids is 1. The number of fused-ring (bicyclic) bond motifs is 7. The number of aromatic nitrogens is 3. The Labute approximate surface area is 307 Å². The highest BCUT2D eigenvalue weighted by Crippen LogP contribution is 2.76. The van der Waals surface area contributed by atoms with Crippen LogP contribution >= 0.6 is 0 Å². The van der Waals surface area contributed by atoms with Crippen molar-refractivity contribution >= 4 is 17.7 Å². The zero-order valence-electron chi connectivity index (χ0n) is 32.4. The van der Waals surface area contributed by atoms with Gasteiger partial charge in [-0.1, -0.05) is 48.5 Å². The Bertz CT molecular complexity index is 1830. The zero-order valence-corrected chi connectivity index (χ0v) is 32.4. The van der Waals surface area contributed by atoms with Crippen LogP contribution in [0.5, 0.6) is 0 Å². The summed E-state index contributed by atoms with van der Waals surface area (Å²) in [6.45, 7) is 19.4. The van der Waals surface area contributed by atoms with Gasteiger partial charge in [0.15, 0.2) is 5.78 Å². The van der Waals surface area contributed by atoms with Gasteiger partial charge in [0, 0.05) is 11.8 Å². The van der Waals surface area contributed by atoms with Crippen LogP contribution < -0.4 is 0 Å². The van der Waals surface area contributed by atoms with E-state index >= 15 is 0 Å². The molecule has 0 unspecified atom stereocenters. The third kappa shape index (κ3) is 5.19. The summed E-state index contributed by atoms with van der Waals surface area (Å²) in [7, 11) is 0. The number of nitrogens with zero attached hydrogens (tertiary/aromatic N) is 3. The van der Waals surface area contributed by atoms with E-state index < -0.39 is 28.6 Å². The number of halogens is 1. The first kappa shape index (κ1) is 36.9. The van der Waals surface area contributed by atoms with E-state index in [1.54, 1.807) is 13.8 Å². The van der Waals surface area contributed by atoms with Crippen molar-refractivity contribution in [1.82, 2.24) is 15.2 Å². The molecule has 282 valence electrons. The lowest BCUT2D eigenvalue weighted by atomic mass is 9.33. The van der Waals surface area contributed by atoms with E-state index in [1.807, 2.05) is 0 Å². The third-order valence-corrected chi connectivity index (χ3v) is 15.6. The Kier molecular flexibility index (Phi) is 8.55. The van der Waals surface area contributed by atoms with Crippen molar-refractivity contribution in [2.24, 2.45) is 50.7 Å². The molecule has 2 heterocycles. The summed E-state index contributed by atoms with van der Waals surface area (Å²) in [6.07, 6.45) is 8.54. The first-order chi connectivity index (χ1) is 24.2. The van der Waals surface area contributed by atoms with Crippen molar-refractivity contribution in [1.29, 1.82) is 0 Å². The lowest BCUT2D eigenvalue weighted by molar-refractivity contribution is -0.232. The van der Waals surface area contributed by atoms with Crippen LogP contribution in [0, 0.1) is 56.6 Å². The summed E-state index contributed by atoms with van der Waals surface area (Å²) >= 11 is 0. The number of carbonyl (C=O) groups excluding carboxylic acids is 2. The van der Waals surface area contributed by atoms with Gasteiger partial charge in [-0.05, 0) is 128 Å². The summed E-state index contributed by atoms with van der Waals surface area (Å²) in [5.74, 6) is 0.0563. The maximum Gasteiger partial charge on any atom is 0.309 e. The van der Waals surface area contributed by atoms with E-state index in [9.17, 15) is 23.9 Å². The Balaban J connectivity index is 1.20. The quantitative estimate of drug-likeness (QED) is 0.279. The van der Waals surface area contributed by atoms with Crippen LogP contribution in [0.2, 0.25) is 0 Å². The van der Waals surface area contributed by atoms with Gasteiger partial charge in [-0.3, -0.25) is 14.4 Å². The van der Waals surface area contributed by atoms with E-state index in [-0.39, 0.29) is 57.7 Å². The molecule has 8 atom stereocenters. The lowest BCUT2D eigenvalue weighted by Gasteiger charge is -2.72. The fourth-order valence-corrected chi connectivity index (χ4v) is 12.7. The Morgan fingerprint density at radius 1 is 0.981 bits per heavy atom. The van der Waals surface area contributed by atoms with Crippen LogP contribution in [0.1, 0.15) is 132 Å². The first-order valence-corrected chi connectivity index (χ1v) is 19.4. The van der Waals surface area contributed by atoms with E-state index in [0.717, 1.165) is 63.1 Å². The molecule has 0 saturated heterocycles. The molecular formula is C42H56FN3O6. The van der Waals surface area contributed by atoms with E-state index in [1.165, 1.54) is 17.7 Å². The largest absolute Gasteiger partial charge is 0.481 e. The molecule has 9 nitrogen and oxygen atoms in total. The molecule has 5 aliphatic carbocycles. The minimum absolute atomic E-state index is 0.0111. The Hall–Kier alpha value is -3.43. The average Bonchev–Trinajstić information content (AvgIpc) is 3.66. The van der Waals surface area contributed by atoms with Crippen molar-refractivity contribution in [3.63, 3.8) is 0 Å². The molecule has 0 bridgehead atoms. The first-order valence-electron chi connectivity index (χ1n) is 19.4. The molecule has 0 radical (unpaired) electrons. The van der Waals surface area contributed by atoms with E-state index in [2.05, 4.69) is 63.6 Å². The van der Waals surface area contributed by atoms with Crippen molar-refractivity contribution in [2.75, 3.05) is 0 Å². The molecule has 52 heavy (non-hydrogen) atoms. The number of carboxylic acid groups (broad SMARTS) is 1. The Morgan fingerprint density at radius 3 is 2.37 bits per heavy atom. The van der Waals surface area contributed by atoms with Crippen LogP contribution in [0.25, 0.3) is 11.6 Å². The van der Waals surface area contributed by atoms with Crippen LogP contribution in [-0.2, 0) is 24.5 Å². The highest BCUT2D eigenvalue weighted by atomic mass is 19.1. The molecule has 1 N–H and O–H groups in total. The normalized spacial score (nSPS) is 36.9. The zero-order chi connectivity index (χ0) is 37.8. The molecule has 2 aromatic rings. The maximum absolute atomic E-state index is 14.1. The van der Waals surface area contributed by atoms with Crippen LogP contribution in [-0.4, -0.2) is 44.1 Å². The predicted octanol–water partition coefficient (Wildman–Crippen LogP) is 8.92. The molecule has 0 aliphatic heterocycles. The maximum atomic E-state index is 14.1.